The Morgan fingerprint density at radius 3 is 2.37 bits per heavy atom. The maximum Gasteiger partial charge on any atom is 0.236 e. The van der Waals surface area contributed by atoms with E-state index in [1.165, 1.54) is 4.90 Å². The molecule has 1 rings (SSSR count). The molecular weight excluding hydrogens is 256 g/mol. The SMILES string of the molecule is CCN(CC)C(=O)CN(C)CCSc1ccccc1. The molecule has 0 aliphatic heterocycles. The first kappa shape index (κ1) is 16.1. The summed E-state index contributed by atoms with van der Waals surface area (Å²) < 4.78 is 0. The molecule has 1 aromatic carbocycles. The average molecular weight is 280 g/mol. The summed E-state index contributed by atoms with van der Waals surface area (Å²) in [5.41, 5.74) is 0. The molecule has 0 aliphatic rings. The smallest absolute Gasteiger partial charge is 0.236 e. The van der Waals surface area contributed by atoms with Gasteiger partial charge in [0, 0.05) is 30.3 Å². The van der Waals surface area contributed by atoms with E-state index in [1.54, 1.807) is 0 Å². The van der Waals surface area contributed by atoms with Gasteiger partial charge < -0.3 is 4.90 Å². The largest absolute Gasteiger partial charge is 0.342 e. The monoisotopic (exact) mass is 280 g/mol. The number of nitrogens with zero attached hydrogens (tertiary/aromatic N) is 2. The van der Waals surface area contributed by atoms with Crippen LogP contribution in [0.4, 0.5) is 0 Å². The van der Waals surface area contributed by atoms with Gasteiger partial charge in [-0.1, -0.05) is 18.2 Å². The minimum Gasteiger partial charge on any atom is -0.342 e. The molecule has 19 heavy (non-hydrogen) atoms. The fraction of sp³-hybridized carbons (Fsp3) is 0.533. The number of likely N-dealkylation sites (N-methyl/N-ethyl adjacent to an activating group) is 2. The lowest BCUT2D eigenvalue weighted by molar-refractivity contribution is -0.131. The zero-order chi connectivity index (χ0) is 14.1. The first-order chi connectivity index (χ1) is 9.17. The Labute approximate surface area is 121 Å². The Morgan fingerprint density at radius 1 is 1.16 bits per heavy atom. The zero-order valence-electron chi connectivity index (χ0n) is 12.1. The lowest BCUT2D eigenvalue weighted by atomic mass is 10.4. The van der Waals surface area contributed by atoms with E-state index in [1.807, 2.05) is 43.6 Å². The number of carbonyl (C=O) groups is 1. The van der Waals surface area contributed by atoms with Crippen LogP contribution in [0.25, 0.3) is 0 Å². The van der Waals surface area contributed by atoms with Crippen LogP contribution in [0, 0.1) is 0 Å². The molecule has 0 aromatic heterocycles. The highest BCUT2D eigenvalue weighted by Crippen LogP contribution is 2.16. The Morgan fingerprint density at radius 2 is 1.79 bits per heavy atom. The van der Waals surface area contributed by atoms with Crippen molar-refractivity contribution in [3.05, 3.63) is 30.3 Å². The molecule has 1 amide bonds. The van der Waals surface area contributed by atoms with Gasteiger partial charge in [-0.05, 0) is 33.0 Å². The van der Waals surface area contributed by atoms with Crippen LogP contribution in [0.15, 0.2) is 35.2 Å². The lowest BCUT2D eigenvalue weighted by Gasteiger charge is -2.22. The topological polar surface area (TPSA) is 23.6 Å². The number of amides is 1. The van der Waals surface area contributed by atoms with Gasteiger partial charge in [-0.2, -0.15) is 0 Å². The van der Waals surface area contributed by atoms with Gasteiger partial charge in [0.25, 0.3) is 0 Å². The van der Waals surface area contributed by atoms with Crippen molar-refractivity contribution in [1.82, 2.24) is 9.80 Å². The van der Waals surface area contributed by atoms with E-state index in [2.05, 4.69) is 29.2 Å². The van der Waals surface area contributed by atoms with Gasteiger partial charge in [-0.3, -0.25) is 9.69 Å². The van der Waals surface area contributed by atoms with E-state index in [0.717, 1.165) is 25.4 Å². The van der Waals surface area contributed by atoms with Gasteiger partial charge in [-0.15, -0.1) is 11.8 Å². The summed E-state index contributed by atoms with van der Waals surface area (Å²) in [5.74, 6) is 1.23. The van der Waals surface area contributed by atoms with E-state index in [0.29, 0.717) is 6.54 Å². The van der Waals surface area contributed by atoms with Crippen LogP contribution in [0.5, 0.6) is 0 Å². The summed E-state index contributed by atoms with van der Waals surface area (Å²) in [6.07, 6.45) is 0. The fourth-order valence-corrected chi connectivity index (χ4v) is 2.81. The summed E-state index contributed by atoms with van der Waals surface area (Å²) in [6.45, 7) is 7.06. The second-order valence-electron chi connectivity index (χ2n) is 4.47. The van der Waals surface area contributed by atoms with Crippen molar-refractivity contribution in [2.75, 3.05) is 39.0 Å². The third kappa shape index (κ3) is 6.12. The Bertz CT molecular complexity index is 366. The molecule has 0 saturated heterocycles. The minimum absolute atomic E-state index is 0.220. The molecule has 0 unspecified atom stereocenters. The van der Waals surface area contributed by atoms with Gasteiger partial charge in [0.05, 0.1) is 6.54 Å². The third-order valence-electron chi connectivity index (χ3n) is 3.01. The quantitative estimate of drug-likeness (QED) is 0.684. The molecule has 1 aromatic rings. The van der Waals surface area contributed by atoms with Crippen molar-refractivity contribution in [1.29, 1.82) is 0 Å². The molecule has 0 aliphatic carbocycles. The number of hydrogen-bond acceptors (Lipinski definition) is 3. The van der Waals surface area contributed by atoms with Crippen LogP contribution in [0.3, 0.4) is 0 Å². The van der Waals surface area contributed by atoms with Gasteiger partial charge in [0.15, 0.2) is 0 Å². The van der Waals surface area contributed by atoms with E-state index < -0.39 is 0 Å². The standard InChI is InChI=1S/C15H24N2OS/c1-4-17(5-2)15(18)13-16(3)11-12-19-14-9-7-6-8-10-14/h6-10H,4-5,11-13H2,1-3H3. The van der Waals surface area contributed by atoms with Crippen LogP contribution in [0.2, 0.25) is 0 Å². The average Bonchev–Trinajstić information content (AvgIpc) is 2.41. The van der Waals surface area contributed by atoms with Crippen molar-refractivity contribution in [2.24, 2.45) is 0 Å². The van der Waals surface area contributed by atoms with Crippen LogP contribution in [0.1, 0.15) is 13.8 Å². The van der Waals surface area contributed by atoms with Crippen molar-refractivity contribution >= 4 is 17.7 Å². The summed E-state index contributed by atoms with van der Waals surface area (Å²) in [4.78, 5) is 17.2. The molecule has 3 nitrogen and oxygen atoms in total. The van der Waals surface area contributed by atoms with E-state index in [4.69, 9.17) is 0 Å². The van der Waals surface area contributed by atoms with Crippen molar-refractivity contribution in [3.63, 3.8) is 0 Å². The molecule has 106 valence electrons. The van der Waals surface area contributed by atoms with Crippen molar-refractivity contribution in [2.45, 2.75) is 18.7 Å². The van der Waals surface area contributed by atoms with Crippen molar-refractivity contribution < 1.29 is 4.79 Å². The van der Waals surface area contributed by atoms with E-state index in [9.17, 15) is 4.79 Å². The van der Waals surface area contributed by atoms with Gasteiger partial charge in [0.1, 0.15) is 0 Å². The first-order valence-electron chi connectivity index (χ1n) is 6.81. The molecule has 4 heteroatoms. The van der Waals surface area contributed by atoms with Crippen LogP contribution in [-0.2, 0) is 4.79 Å². The van der Waals surface area contributed by atoms with Crippen molar-refractivity contribution in [3.8, 4) is 0 Å². The Hall–Kier alpha value is -1.00. The van der Waals surface area contributed by atoms with Crippen LogP contribution in [-0.4, -0.2) is 54.7 Å². The molecule has 0 spiro atoms. The van der Waals surface area contributed by atoms with Crippen LogP contribution < -0.4 is 0 Å². The molecule has 0 radical (unpaired) electrons. The Kier molecular flexibility index (Phi) is 7.60. The van der Waals surface area contributed by atoms with Gasteiger partial charge >= 0.3 is 0 Å². The Balaban J connectivity index is 2.24. The second-order valence-corrected chi connectivity index (χ2v) is 5.63. The molecule has 0 bridgehead atoms. The lowest BCUT2D eigenvalue weighted by Crippen LogP contribution is -2.39. The van der Waals surface area contributed by atoms with Gasteiger partial charge in [0.2, 0.25) is 5.91 Å². The summed E-state index contributed by atoms with van der Waals surface area (Å²) in [6, 6.07) is 10.4. The zero-order valence-corrected chi connectivity index (χ0v) is 12.9. The highest BCUT2D eigenvalue weighted by atomic mass is 32.2. The summed E-state index contributed by atoms with van der Waals surface area (Å²) >= 11 is 1.83. The maximum atomic E-state index is 11.9. The summed E-state index contributed by atoms with van der Waals surface area (Å²) in [7, 11) is 2.01. The predicted molar refractivity (Wildman–Crippen MR) is 82.6 cm³/mol. The fourth-order valence-electron chi connectivity index (χ4n) is 1.82. The predicted octanol–water partition coefficient (Wildman–Crippen LogP) is 2.58. The second kappa shape index (κ2) is 8.99. The highest BCUT2D eigenvalue weighted by molar-refractivity contribution is 7.99. The van der Waals surface area contributed by atoms with E-state index >= 15 is 0 Å². The number of rotatable bonds is 8. The first-order valence-corrected chi connectivity index (χ1v) is 7.80. The highest BCUT2D eigenvalue weighted by Gasteiger charge is 2.11. The molecule has 0 atom stereocenters. The minimum atomic E-state index is 0.220. The normalized spacial score (nSPS) is 10.7. The molecule has 0 fully saturated rings. The molecular formula is C15H24N2OS. The number of thioether (sulfide) groups is 1. The van der Waals surface area contributed by atoms with Crippen LogP contribution >= 0.6 is 11.8 Å². The number of carbonyl (C=O) groups excluding carboxylic acids is 1. The van der Waals surface area contributed by atoms with E-state index in [-0.39, 0.29) is 5.91 Å². The number of benzene rings is 1. The summed E-state index contributed by atoms with van der Waals surface area (Å²) in [5, 5.41) is 0. The molecule has 0 heterocycles. The maximum absolute atomic E-state index is 11.9. The third-order valence-corrected chi connectivity index (χ3v) is 4.00. The van der Waals surface area contributed by atoms with Gasteiger partial charge in [-0.25, -0.2) is 0 Å². The molecule has 0 N–H and O–H groups in total. The molecule has 0 saturated carbocycles. The number of hydrogen-bond donors (Lipinski definition) is 0.